The topological polar surface area (TPSA) is 86.5 Å². The van der Waals surface area contributed by atoms with E-state index in [9.17, 15) is 4.79 Å². The highest BCUT2D eigenvalue weighted by Crippen LogP contribution is 2.34. The predicted octanol–water partition coefficient (Wildman–Crippen LogP) is 3.34. The number of nitrogens with zero attached hydrogens (tertiary/aromatic N) is 2. The highest BCUT2D eigenvalue weighted by Gasteiger charge is 2.17. The maximum atomic E-state index is 12.2. The first-order valence-electron chi connectivity index (χ1n) is 8.23. The van der Waals surface area contributed by atoms with Crippen LogP contribution in [0, 0.1) is 0 Å². The maximum Gasteiger partial charge on any atom is 0.231 e. The quantitative estimate of drug-likeness (QED) is 0.715. The number of ether oxygens (including phenoxy) is 2. The molecule has 7 nitrogen and oxygen atoms in total. The molecule has 0 aliphatic carbocycles. The number of nitrogens with one attached hydrogen (secondary N) is 1. The fourth-order valence-electron chi connectivity index (χ4n) is 2.67. The van der Waals surface area contributed by atoms with E-state index in [2.05, 4.69) is 15.5 Å². The van der Waals surface area contributed by atoms with Crippen molar-refractivity contribution in [3.8, 4) is 22.9 Å². The summed E-state index contributed by atoms with van der Waals surface area (Å²) in [5.74, 6) is 2.36. The van der Waals surface area contributed by atoms with Crippen molar-refractivity contribution < 1.29 is 18.8 Å². The van der Waals surface area contributed by atoms with E-state index >= 15 is 0 Å². The average Bonchev–Trinajstić information content (AvgIpc) is 3.40. The van der Waals surface area contributed by atoms with Crippen LogP contribution in [0.5, 0.6) is 11.5 Å². The summed E-state index contributed by atoms with van der Waals surface area (Å²) in [5, 5.41) is 10.8. The van der Waals surface area contributed by atoms with Gasteiger partial charge in [-0.1, -0.05) is 11.2 Å². The Morgan fingerprint density at radius 2 is 2.19 bits per heavy atom. The van der Waals surface area contributed by atoms with Gasteiger partial charge in [-0.3, -0.25) is 4.79 Å². The standard InChI is InChI=1S/C18H17N3O4S/c1-11(12-2-3-14-15(8-12)24-10-23-14)19-16(22)4-5-17-20-18(21-25-17)13-6-7-26-9-13/h2-3,6-9,11H,4-5,10H2,1H3,(H,19,22). The number of carbonyl (C=O) groups is 1. The lowest BCUT2D eigenvalue weighted by molar-refractivity contribution is -0.121. The van der Waals surface area contributed by atoms with Crippen LogP contribution in [0.2, 0.25) is 0 Å². The Morgan fingerprint density at radius 1 is 1.31 bits per heavy atom. The van der Waals surface area contributed by atoms with Gasteiger partial charge >= 0.3 is 0 Å². The smallest absolute Gasteiger partial charge is 0.231 e. The molecule has 3 heterocycles. The van der Waals surface area contributed by atoms with Crippen LogP contribution < -0.4 is 14.8 Å². The van der Waals surface area contributed by atoms with Crippen molar-refractivity contribution in [2.45, 2.75) is 25.8 Å². The molecule has 1 N–H and O–H groups in total. The largest absolute Gasteiger partial charge is 0.454 e. The lowest BCUT2D eigenvalue weighted by atomic mass is 10.1. The van der Waals surface area contributed by atoms with E-state index in [1.807, 2.05) is 41.9 Å². The van der Waals surface area contributed by atoms with Crippen LogP contribution in [-0.2, 0) is 11.2 Å². The van der Waals surface area contributed by atoms with Crippen molar-refractivity contribution in [3.63, 3.8) is 0 Å². The number of aryl methyl sites for hydroxylation is 1. The van der Waals surface area contributed by atoms with Gasteiger partial charge in [0.25, 0.3) is 0 Å². The van der Waals surface area contributed by atoms with Crippen LogP contribution in [0.15, 0.2) is 39.5 Å². The van der Waals surface area contributed by atoms with E-state index in [4.69, 9.17) is 14.0 Å². The molecule has 1 amide bonds. The first kappa shape index (κ1) is 16.6. The van der Waals surface area contributed by atoms with Gasteiger partial charge in [-0.2, -0.15) is 16.3 Å². The second kappa shape index (κ2) is 7.17. The zero-order chi connectivity index (χ0) is 17.9. The van der Waals surface area contributed by atoms with Crippen LogP contribution in [0.4, 0.5) is 0 Å². The molecular weight excluding hydrogens is 354 g/mol. The van der Waals surface area contributed by atoms with Crippen LogP contribution in [-0.4, -0.2) is 22.8 Å². The zero-order valence-electron chi connectivity index (χ0n) is 14.1. The average molecular weight is 371 g/mol. The highest BCUT2D eigenvalue weighted by atomic mass is 32.1. The number of fused-ring (bicyclic) bond motifs is 1. The fourth-order valence-corrected chi connectivity index (χ4v) is 3.30. The third-order valence-corrected chi connectivity index (χ3v) is 4.77. The molecule has 8 heteroatoms. The molecule has 1 atom stereocenters. The molecule has 4 rings (SSSR count). The van der Waals surface area contributed by atoms with Crippen molar-refractivity contribution in [3.05, 3.63) is 46.5 Å². The molecule has 0 saturated carbocycles. The van der Waals surface area contributed by atoms with E-state index in [1.54, 1.807) is 11.3 Å². The molecule has 3 aromatic rings. The number of thiophene rings is 1. The number of hydrogen-bond acceptors (Lipinski definition) is 7. The van der Waals surface area contributed by atoms with Crippen LogP contribution in [0.1, 0.15) is 30.8 Å². The summed E-state index contributed by atoms with van der Waals surface area (Å²) in [5.41, 5.74) is 1.88. The number of aromatic nitrogens is 2. The lowest BCUT2D eigenvalue weighted by Crippen LogP contribution is -2.26. The Hall–Kier alpha value is -2.87. The van der Waals surface area contributed by atoms with Gasteiger partial charge in [0.15, 0.2) is 11.5 Å². The molecule has 1 aliphatic heterocycles. The lowest BCUT2D eigenvalue weighted by Gasteiger charge is -2.14. The number of benzene rings is 1. The van der Waals surface area contributed by atoms with Gasteiger partial charge in [-0.25, -0.2) is 0 Å². The van der Waals surface area contributed by atoms with E-state index in [1.165, 1.54) is 0 Å². The summed E-state index contributed by atoms with van der Waals surface area (Å²) in [6, 6.07) is 7.45. The predicted molar refractivity (Wildman–Crippen MR) is 95.1 cm³/mol. The molecule has 0 spiro atoms. The van der Waals surface area contributed by atoms with Gasteiger partial charge < -0.3 is 19.3 Å². The third-order valence-electron chi connectivity index (χ3n) is 4.09. The summed E-state index contributed by atoms with van der Waals surface area (Å²) in [6.45, 7) is 2.16. The van der Waals surface area contributed by atoms with Gasteiger partial charge in [0.2, 0.25) is 24.4 Å². The molecule has 0 radical (unpaired) electrons. The van der Waals surface area contributed by atoms with Gasteiger partial charge in [-0.05, 0) is 36.1 Å². The number of amides is 1. The van der Waals surface area contributed by atoms with Crippen LogP contribution in [0.25, 0.3) is 11.4 Å². The van der Waals surface area contributed by atoms with Crippen LogP contribution >= 0.6 is 11.3 Å². The summed E-state index contributed by atoms with van der Waals surface area (Å²) < 4.78 is 15.9. The molecule has 134 valence electrons. The Labute approximate surface area is 153 Å². The van der Waals surface area contributed by atoms with Gasteiger partial charge in [0.05, 0.1) is 6.04 Å². The first-order chi connectivity index (χ1) is 12.7. The Morgan fingerprint density at radius 3 is 3.04 bits per heavy atom. The van der Waals surface area contributed by atoms with Gasteiger partial charge in [-0.15, -0.1) is 0 Å². The molecule has 0 saturated heterocycles. The van der Waals surface area contributed by atoms with E-state index in [-0.39, 0.29) is 25.2 Å². The summed E-state index contributed by atoms with van der Waals surface area (Å²) in [4.78, 5) is 16.5. The van der Waals surface area contributed by atoms with Crippen LogP contribution in [0.3, 0.4) is 0 Å². The fraction of sp³-hybridized carbons (Fsp3) is 0.278. The van der Waals surface area contributed by atoms with E-state index in [0.29, 0.717) is 23.9 Å². The molecule has 1 aliphatic rings. The molecular formula is C18H17N3O4S. The first-order valence-corrected chi connectivity index (χ1v) is 9.17. The van der Waals surface area contributed by atoms with E-state index < -0.39 is 0 Å². The molecule has 0 fully saturated rings. The Balaban J connectivity index is 1.31. The second-order valence-corrected chi connectivity index (χ2v) is 6.71. The van der Waals surface area contributed by atoms with Gasteiger partial charge in [0, 0.05) is 23.8 Å². The molecule has 0 bridgehead atoms. The van der Waals surface area contributed by atoms with Crippen molar-refractivity contribution in [2.24, 2.45) is 0 Å². The zero-order valence-corrected chi connectivity index (χ0v) is 14.9. The molecule has 26 heavy (non-hydrogen) atoms. The Bertz CT molecular complexity index is 907. The minimum Gasteiger partial charge on any atom is -0.454 e. The molecule has 1 aromatic carbocycles. The SMILES string of the molecule is CC(NC(=O)CCc1nc(-c2ccsc2)no1)c1ccc2c(c1)OCO2. The number of carbonyl (C=O) groups excluding carboxylic acids is 1. The minimum absolute atomic E-state index is 0.0783. The molecule has 1 unspecified atom stereocenters. The van der Waals surface area contributed by atoms with Crippen molar-refractivity contribution in [1.29, 1.82) is 0 Å². The third kappa shape index (κ3) is 3.55. The number of hydrogen-bond donors (Lipinski definition) is 1. The minimum atomic E-state index is -0.138. The van der Waals surface area contributed by atoms with Crippen molar-refractivity contribution in [2.75, 3.05) is 6.79 Å². The highest BCUT2D eigenvalue weighted by molar-refractivity contribution is 7.08. The summed E-state index contributed by atoms with van der Waals surface area (Å²) in [7, 11) is 0. The Kier molecular flexibility index (Phi) is 4.57. The normalized spacial score (nSPS) is 13.6. The van der Waals surface area contributed by atoms with Crippen molar-refractivity contribution >= 4 is 17.2 Å². The van der Waals surface area contributed by atoms with Crippen molar-refractivity contribution in [1.82, 2.24) is 15.5 Å². The monoisotopic (exact) mass is 371 g/mol. The molecule has 2 aromatic heterocycles. The van der Waals surface area contributed by atoms with Gasteiger partial charge in [0.1, 0.15) is 0 Å². The maximum absolute atomic E-state index is 12.2. The summed E-state index contributed by atoms with van der Waals surface area (Å²) in [6.07, 6.45) is 0.678. The summed E-state index contributed by atoms with van der Waals surface area (Å²) >= 11 is 1.57. The van der Waals surface area contributed by atoms with E-state index in [0.717, 1.165) is 16.9 Å². The second-order valence-electron chi connectivity index (χ2n) is 5.93. The number of rotatable bonds is 6.